The second-order valence-electron chi connectivity index (χ2n) is 3.74. The Bertz CT molecular complexity index is 497. The lowest BCUT2D eigenvalue weighted by Gasteiger charge is -2.06. The number of anilines is 1. The van der Waals surface area contributed by atoms with Crippen molar-refractivity contribution in [2.24, 2.45) is 0 Å². The van der Waals surface area contributed by atoms with Crippen LogP contribution in [0.25, 0.3) is 0 Å². The predicted octanol–water partition coefficient (Wildman–Crippen LogP) is 1.06. The number of hydrogen-bond donors (Lipinski definition) is 1. The van der Waals surface area contributed by atoms with Crippen molar-refractivity contribution in [3.63, 3.8) is 0 Å². The molecule has 5 nitrogen and oxygen atoms in total. The summed E-state index contributed by atoms with van der Waals surface area (Å²) in [7, 11) is 0. The zero-order valence-electron chi connectivity index (χ0n) is 9.11. The van der Waals surface area contributed by atoms with Gasteiger partial charge >= 0.3 is 0 Å². The molecule has 0 amide bonds. The maximum atomic E-state index is 13.4. The third-order valence-corrected chi connectivity index (χ3v) is 2.39. The lowest BCUT2D eigenvalue weighted by atomic mass is 10.1. The molecule has 0 aliphatic carbocycles. The number of halogens is 1. The molecule has 0 fully saturated rings. The van der Waals surface area contributed by atoms with Crippen LogP contribution in [0, 0.1) is 19.7 Å². The Labute approximate surface area is 92.1 Å². The van der Waals surface area contributed by atoms with Gasteiger partial charge in [-0.2, -0.15) is 0 Å². The van der Waals surface area contributed by atoms with E-state index in [1.807, 2.05) is 0 Å². The van der Waals surface area contributed by atoms with Crippen LogP contribution in [-0.2, 0) is 6.54 Å². The van der Waals surface area contributed by atoms with Crippen molar-refractivity contribution < 1.29 is 4.39 Å². The van der Waals surface area contributed by atoms with Crippen molar-refractivity contribution >= 4 is 5.95 Å². The van der Waals surface area contributed by atoms with E-state index in [9.17, 15) is 4.39 Å². The third-order valence-electron chi connectivity index (χ3n) is 2.39. The first-order valence-electron chi connectivity index (χ1n) is 4.85. The number of nitrogens with two attached hydrogens (primary N) is 1. The smallest absolute Gasteiger partial charge is 0.240 e. The number of nitrogens with zero attached hydrogens (tertiary/aromatic N) is 4. The quantitative estimate of drug-likeness (QED) is 0.823. The number of hydrogen-bond acceptors (Lipinski definition) is 4. The molecule has 0 saturated heterocycles. The second-order valence-corrected chi connectivity index (χ2v) is 3.74. The highest BCUT2D eigenvalue weighted by molar-refractivity contribution is 5.31. The summed E-state index contributed by atoms with van der Waals surface area (Å²) in [6.45, 7) is 3.91. The minimum absolute atomic E-state index is 0.173. The highest BCUT2D eigenvalue weighted by Gasteiger charge is 2.07. The fourth-order valence-electron chi connectivity index (χ4n) is 1.62. The summed E-state index contributed by atoms with van der Waals surface area (Å²) in [5, 5.41) is 10.8. The average Bonchev–Trinajstić information content (AvgIpc) is 2.61. The van der Waals surface area contributed by atoms with Crippen molar-refractivity contribution in [2.45, 2.75) is 20.4 Å². The Morgan fingerprint density at radius 3 is 2.44 bits per heavy atom. The van der Waals surface area contributed by atoms with Crippen LogP contribution in [0.1, 0.15) is 16.7 Å². The fourth-order valence-corrected chi connectivity index (χ4v) is 1.62. The van der Waals surface area contributed by atoms with Crippen LogP contribution in [0.4, 0.5) is 10.3 Å². The molecule has 0 saturated carbocycles. The van der Waals surface area contributed by atoms with Gasteiger partial charge in [0.05, 0.1) is 6.54 Å². The fraction of sp³-hybridized carbons (Fsp3) is 0.300. The van der Waals surface area contributed by atoms with Crippen molar-refractivity contribution in [1.82, 2.24) is 20.2 Å². The van der Waals surface area contributed by atoms with Gasteiger partial charge in [0, 0.05) is 0 Å². The van der Waals surface area contributed by atoms with E-state index < -0.39 is 0 Å². The Balaban J connectivity index is 2.33. The van der Waals surface area contributed by atoms with Crippen LogP contribution < -0.4 is 5.73 Å². The van der Waals surface area contributed by atoms with Crippen LogP contribution in [0.15, 0.2) is 12.1 Å². The van der Waals surface area contributed by atoms with Gasteiger partial charge in [0.25, 0.3) is 0 Å². The monoisotopic (exact) mass is 221 g/mol. The summed E-state index contributed by atoms with van der Waals surface area (Å²) in [5.41, 5.74) is 7.70. The lowest BCUT2D eigenvalue weighted by molar-refractivity contribution is 0.604. The minimum atomic E-state index is -0.173. The van der Waals surface area contributed by atoms with E-state index in [2.05, 4.69) is 15.5 Å². The van der Waals surface area contributed by atoms with Crippen molar-refractivity contribution in [1.29, 1.82) is 0 Å². The third kappa shape index (κ3) is 1.86. The molecule has 0 aliphatic heterocycles. The van der Waals surface area contributed by atoms with Crippen molar-refractivity contribution in [3.8, 4) is 0 Å². The first-order chi connectivity index (χ1) is 7.58. The summed E-state index contributed by atoms with van der Waals surface area (Å²) in [6.07, 6.45) is 0. The number of benzene rings is 1. The van der Waals surface area contributed by atoms with Gasteiger partial charge in [0.2, 0.25) is 5.95 Å². The number of aryl methyl sites for hydroxylation is 2. The zero-order chi connectivity index (χ0) is 11.7. The summed E-state index contributed by atoms with van der Waals surface area (Å²) in [5.74, 6) is 0.0769. The largest absolute Gasteiger partial charge is 0.367 e. The van der Waals surface area contributed by atoms with Gasteiger partial charge in [-0.05, 0) is 41.0 Å². The molecular formula is C10H12FN5. The Hall–Kier alpha value is -1.98. The Kier molecular flexibility index (Phi) is 2.55. The molecule has 16 heavy (non-hydrogen) atoms. The van der Waals surface area contributed by atoms with Crippen molar-refractivity contribution in [3.05, 3.63) is 34.6 Å². The highest BCUT2D eigenvalue weighted by Crippen LogP contribution is 2.15. The molecule has 1 aromatic carbocycles. The molecule has 0 radical (unpaired) electrons. The topological polar surface area (TPSA) is 69.6 Å². The van der Waals surface area contributed by atoms with E-state index in [1.165, 1.54) is 4.68 Å². The molecule has 0 spiro atoms. The van der Waals surface area contributed by atoms with Gasteiger partial charge in [-0.25, -0.2) is 9.07 Å². The molecule has 1 aromatic heterocycles. The predicted molar refractivity (Wildman–Crippen MR) is 57.2 cm³/mol. The molecule has 1 heterocycles. The van der Waals surface area contributed by atoms with Gasteiger partial charge in [-0.15, -0.1) is 0 Å². The second kappa shape index (κ2) is 3.88. The Morgan fingerprint density at radius 2 is 1.94 bits per heavy atom. The molecule has 0 atom stereocenters. The van der Waals surface area contributed by atoms with Gasteiger partial charge < -0.3 is 5.73 Å². The first-order valence-corrected chi connectivity index (χ1v) is 4.85. The zero-order valence-corrected chi connectivity index (χ0v) is 9.11. The van der Waals surface area contributed by atoms with Crippen LogP contribution in [0.2, 0.25) is 0 Å². The van der Waals surface area contributed by atoms with Gasteiger partial charge in [0.1, 0.15) is 5.82 Å². The number of aromatic nitrogens is 4. The molecule has 0 aliphatic rings. The normalized spacial score (nSPS) is 10.7. The van der Waals surface area contributed by atoms with Crippen LogP contribution in [-0.4, -0.2) is 20.2 Å². The number of nitrogen functional groups attached to an aromatic ring is 1. The number of tetrazole rings is 1. The van der Waals surface area contributed by atoms with Gasteiger partial charge in [-0.1, -0.05) is 17.2 Å². The molecule has 0 unspecified atom stereocenters. The minimum Gasteiger partial charge on any atom is -0.367 e. The van der Waals surface area contributed by atoms with Crippen molar-refractivity contribution in [2.75, 3.05) is 5.73 Å². The SMILES string of the molecule is Cc1cc(Cn2nnnc2N)cc(C)c1F. The maximum absolute atomic E-state index is 13.4. The summed E-state index contributed by atoms with van der Waals surface area (Å²) in [4.78, 5) is 0. The van der Waals surface area contributed by atoms with E-state index in [0.717, 1.165) is 5.56 Å². The molecular weight excluding hydrogens is 209 g/mol. The first kappa shape index (κ1) is 10.5. The van der Waals surface area contributed by atoms with E-state index in [0.29, 0.717) is 17.7 Å². The molecule has 84 valence electrons. The lowest BCUT2D eigenvalue weighted by Crippen LogP contribution is -2.07. The van der Waals surface area contributed by atoms with E-state index in [-0.39, 0.29) is 11.8 Å². The molecule has 2 N–H and O–H groups in total. The molecule has 2 aromatic rings. The number of rotatable bonds is 2. The summed E-state index contributed by atoms with van der Waals surface area (Å²) in [6, 6.07) is 3.53. The Morgan fingerprint density at radius 1 is 1.31 bits per heavy atom. The summed E-state index contributed by atoms with van der Waals surface area (Å²) < 4.78 is 14.9. The molecule has 6 heteroatoms. The average molecular weight is 221 g/mol. The van der Waals surface area contributed by atoms with Crippen LogP contribution >= 0.6 is 0 Å². The highest BCUT2D eigenvalue weighted by atomic mass is 19.1. The molecule has 0 bridgehead atoms. The maximum Gasteiger partial charge on any atom is 0.240 e. The van der Waals surface area contributed by atoms with E-state index in [4.69, 9.17) is 5.73 Å². The summed E-state index contributed by atoms with van der Waals surface area (Å²) >= 11 is 0. The van der Waals surface area contributed by atoms with Crippen LogP contribution in [0.3, 0.4) is 0 Å². The van der Waals surface area contributed by atoms with Gasteiger partial charge in [0.15, 0.2) is 0 Å². The van der Waals surface area contributed by atoms with Gasteiger partial charge in [-0.3, -0.25) is 0 Å². The van der Waals surface area contributed by atoms with Crippen LogP contribution in [0.5, 0.6) is 0 Å². The molecule has 2 rings (SSSR count). The standard InChI is InChI=1S/C10H12FN5/c1-6-3-8(4-7(2)9(6)11)5-16-10(12)13-14-15-16/h3-4H,5H2,1-2H3,(H2,12,13,15). The van der Waals surface area contributed by atoms with E-state index in [1.54, 1.807) is 26.0 Å². The van der Waals surface area contributed by atoms with E-state index >= 15 is 0 Å².